The van der Waals surface area contributed by atoms with E-state index in [-0.39, 0.29) is 17.5 Å². The first kappa shape index (κ1) is 35.5. The van der Waals surface area contributed by atoms with Crippen molar-refractivity contribution in [1.82, 2.24) is 10.3 Å². The molecule has 0 fully saturated rings. The fraction of sp³-hybridized carbons (Fsp3) is 0.257. The highest BCUT2D eigenvalue weighted by molar-refractivity contribution is 7.98. The molecule has 0 saturated carbocycles. The molecule has 1 heterocycles. The van der Waals surface area contributed by atoms with Crippen LogP contribution in [0.15, 0.2) is 85.1 Å². The second kappa shape index (κ2) is 15.0. The predicted molar refractivity (Wildman–Crippen MR) is 178 cm³/mol. The summed E-state index contributed by atoms with van der Waals surface area (Å²) in [7, 11) is 0. The number of carbonyl (C=O) groups is 3. The van der Waals surface area contributed by atoms with Crippen molar-refractivity contribution in [2.75, 3.05) is 11.1 Å². The topological polar surface area (TPSA) is 108 Å². The molecule has 0 radical (unpaired) electrons. The normalized spacial score (nSPS) is 12.3. The van der Waals surface area contributed by atoms with Gasteiger partial charge in [-0.2, -0.15) is 24.9 Å². The number of nitrogens with one attached hydrogen (secondary N) is 2. The zero-order valence-electron chi connectivity index (χ0n) is 25.8. The number of rotatable bonds is 11. The molecule has 1 atom stereocenters. The predicted octanol–water partition coefficient (Wildman–Crippen LogP) is 8.58. The molecule has 0 aliphatic heterocycles. The van der Waals surface area contributed by atoms with E-state index in [0.29, 0.717) is 44.6 Å². The third-order valence-corrected chi connectivity index (χ3v) is 8.66. The number of nitrogens with zero attached hydrogens (tertiary/aromatic N) is 1. The monoisotopic (exact) mass is 683 g/mol. The molecule has 0 aliphatic rings. The van der Waals surface area contributed by atoms with E-state index in [9.17, 15) is 32.7 Å². The number of thioether (sulfide) groups is 1. The quantitative estimate of drug-likeness (QED) is 0.146. The number of anilines is 1. The summed E-state index contributed by atoms with van der Waals surface area (Å²) < 4.78 is 39.2. The first-order valence-corrected chi connectivity index (χ1v) is 16.1. The smallest absolute Gasteiger partial charge is 0.416 e. The fourth-order valence-electron chi connectivity index (χ4n) is 4.68. The van der Waals surface area contributed by atoms with Gasteiger partial charge in [-0.3, -0.25) is 19.4 Å². The van der Waals surface area contributed by atoms with Crippen molar-refractivity contribution in [2.45, 2.75) is 39.2 Å². The van der Waals surface area contributed by atoms with Crippen LogP contribution in [0.5, 0.6) is 0 Å². The summed E-state index contributed by atoms with van der Waals surface area (Å²) >= 11 is 7.77. The molecule has 47 heavy (non-hydrogen) atoms. The first-order valence-electron chi connectivity index (χ1n) is 14.5. The standard InChI is InChI=1S/C35H33ClF3N3O4S/c1-34(2,3)28(33(45)46)20-47-19-22-7-4-8-23(14-22)32(44)42-29-11-10-26(36)17-27(29)30-16-24(12-13-40-30)31(43)41-18-21-6-5-9-25(15-21)35(37,38)39/h4-17,28H,18-20H2,1-3H3,(H,41,43)(H,42,44)(H,45,46). The van der Waals surface area contributed by atoms with E-state index < -0.39 is 35.4 Å². The molecule has 0 spiro atoms. The van der Waals surface area contributed by atoms with Gasteiger partial charge in [0, 0.05) is 46.0 Å². The number of carboxylic acid groups (broad SMARTS) is 1. The van der Waals surface area contributed by atoms with E-state index in [2.05, 4.69) is 15.6 Å². The number of amides is 2. The lowest BCUT2D eigenvalue weighted by Crippen LogP contribution is -2.30. The Kier molecular flexibility index (Phi) is 11.4. The van der Waals surface area contributed by atoms with Gasteiger partial charge < -0.3 is 15.7 Å². The van der Waals surface area contributed by atoms with Crippen LogP contribution in [0, 0.1) is 11.3 Å². The van der Waals surface area contributed by atoms with E-state index in [1.165, 1.54) is 42.2 Å². The summed E-state index contributed by atoms with van der Waals surface area (Å²) in [6, 6.07) is 19.6. The van der Waals surface area contributed by atoms with Crippen molar-refractivity contribution in [3.8, 4) is 11.3 Å². The average molecular weight is 684 g/mol. The van der Waals surface area contributed by atoms with Gasteiger partial charge in [-0.1, -0.05) is 56.6 Å². The molecule has 2 amide bonds. The zero-order chi connectivity index (χ0) is 34.4. The lowest BCUT2D eigenvalue weighted by atomic mass is 9.82. The Morgan fingerprint density at radius 2 is 1.60 bits per heavy atom. The van der Waals surface area contributed by atoms with E-state index in [1.54, 1.807) is 36.4 Å². The van der Waals surface area contributed by atoms with Crippen molar-refractivity contribution in [3.63, 3.8) is 0 Å². The highest BCUT2D eigenvalue weighted by Crippen LogP contribution is 2.33. The largest absolute Gasteiger partial charge is 0.481 e. The molecule has 1 aromatic heterocycles. The molecule has 0 bridgehead atoms. The van der Waals surface area contributed by atoms with Gasteiger partial charge in [0.2, 0.25) is 0 Å². The van der Waals surface area contributed by atoms with Crippen LogP contribution in [-0.4, -0.2) is 33.6 Å². The fourth-order valence-corrected chi connectivity index (χ4v) is 6.27. The maximum atomic E-state index is 13.3. The molecule has 1 unspecified atom stereocenters. The van der Waals surface area contributed by atoms with Crippen molar-refractivity contribution in [3.05, 3.63) is 118 Å². The van der Waals surface area contributed by atoms with Gasteiger partial charge in [0.15, 0.2) is 0 Å². The lowest BCUT2D eigenvalue weighted by molar-refractivity contribution is -0.144. The number of aromatic nitrogens is 1. The van der Waals surface area contributed by atoms with Crippen LogP contribution in [-0.2, 0) is 23.3 Å². The van der Waals surface area contributed by atoms with Crippen LogP contribution < -0.4 is 10.6 Å². The Hall–Kier alpha value is -4.35. The number of hydrogen-bond acceptors (Lipinski definition) is 5. The number of halogens is 4. The summed E-state index contributed by atoms with van der Waals surface area (Å²) in [6.07, 6.45) is -3.08. The minimum Gasteiger partial charge on any atom is -0.481 e. The number of benzene rings is 3. The molecule has 4 aromatic rings. The zero-order valence-corrected chi connectivity index (χ0v) is 27.4. The van der Waals surface area contributed by atoms with Crippen LogP contribution in [0.1, 0.15) is 58.2 Å². The number of carbonyl (C=O) groups excluding carboxylic acids is 2. The Balaban J connectivity index is 1.47. The van der Waals surface area contributed by atoms with Crippen molar-refractivity contribution in [1.29, 1.82) is 0 Å². The molecule has 4 rings (SSSR count). The maximum absolute atomic E-state index is 13.3. The van der Waals surface area contributed by atoms with Crippen molar-refractivity contribution < 1.29 is 32.7 Å². The highest BCUT2D eigenvalue weighted by atomic mass is 35.5. The molecule has 3 aromatic carbocycles. The Labute approximate surface area is 280 Å². The van der Waals surface area contributed by atoms with E-state index in [0.717, 1.165) is 17.7 Å². The van der Waals surface area contributed by atoms with Crippen LogP contribution in [0.4, 0.5) is 18.9 Å². The summed E-state index contributed by atoms with van der Waals surface area (Å²) in [5.41, 5.74) is 1.75. The summed E-state index contributed by atoms with van der Waals surface area (Å²) in [5, 5.41) is 15.5. The van der Waals surface area contributed by atoms with E-state index >= 15 is 0 Å². The number of pyridine rings is 1. The van der Waals surface area contributed by atoms with Gasteiger partial charge in [-0.25, -0.2) is 0 Å². The Morgan fingerprint density at radius 3 is 2.30 bits per heavy atom. The van der Waals surface area contributed by atoms with Crippen LogP contribution >= 0.6 is 23.4 Å². The van der Waals surface area contributed by atoms with Gasteiger partial charge in [-0.05, 0) is 71.1 Å². The van der Waals surface area contributed by atoms with Gasteiger partial charge in [0.05, 0.1) is 22.9 Å². The first-order chi connectivity index (χ1) is 22.1. The molecule has 0 saturated heterocycles. The highest BCUT2D eigenvalue weighted by Gasteiger charge is 2.31. The second-order valence-electron chi connectivity index (χ2n) is 11.9. The van der Waals surface area contributed by atoms with E-state index in [4.69, 9.17) is 11.6 Å². The van der Waals surface area contributed by atoms with Gasteiger partial charge in [0.1, 0.15) is 0 Å². The molecular weight excluding hydrogens is 651 g/mol. The summed E-state index contributed by atoms with van der Waals surface area (Å²) in [6.45, 7) is 5.57. The molecular formula is C35H33ClF3N3O4S. The van der Waals surface area contributed by atoms with Gasteiger partial charge in [-0.15, -0.1) is 0 Å². The second-order valence-corrected chi connectivity index (χ2v) is 13.4. The molecule has 7 nitrogen and oxygen atoms in total. The number of alkyl halides is 3. The summed E-state index contributed by atoms with van der Waals surface area (Å²) in [5.74, 6) is -1.32. The molecule has 0 aliphatic carbocycles. The Morgan fingerprint density at radius 1 is 0.894 bits per heavy atom. The minimum atomic E-state index is -4.49. The SMILES string of the molecule is CC(C)(C)C(CSCc1cccc(C(=O)Nc2ccc(Cl)cc2-c2cc(C(=O)NCc3cccc(C(F)(F)F)c3)ccn2)c1)C(=O)O. The average Bonchev–Trinajstić information content (AvgIpc) is 3.02. The van der Waals surface area contributed by atoms with E-state index in [1.807, 2.05) is 26.8 Å². The third kappa shape index (κ3) is 9.82. The van der Waals surface area contributed by atoms with Crippen molar-refractivity contribution in [2.24, 2.45) is 11.3 Å². The van der Waals surface area contributed by atoms with Gasteiger partial charge in [0.25, 0.3) is 11.8 Å². The van der Waals surface area contributed by atoms with Crippen molar-refractivity contribution >= 4 is 46.8 Å². The van der Waals surface area contributed by atoms with Crippen LogP contribution in [0.25, 0.3) is 11.3 Å². The van der Waals surface area contributed by atoms with Crippen LogP contribution in [0.2, 0.25) is 5.02 Å². The minimum absolute atomic E-state index is 0.118. The van der Waals surface area contributed by atoms with Crippen LogP contribution in [0.3, 0.4) is 0 Å². The summed E-state index contributed by atoms with van der Waals surface area (Å²) in [4.78, 5) is 42.3. The molecule has 12 heteroatoms. The number of carboxylic acids is 1. The van der Waals surface area contributed by atoms with Gasteiger partial charge >= 0.3 is 12.1 Å². The molecule has 3 N–H and O–H groups in total. The third-order valence-electron chi connectivity index (χ3n) is 7.32. The lowest BCUT2D eigenvalue weighted by Gasteiger charge is -2.26. The molecule has 246 valence electrons. The Bertz CT molecular complexity index is 1780. The number of aliphatic carboxylic acids is 1. The number of hydrogen-bond donors (Lipinski definition) is 3. The maximum Gasteiger partial charge on any atom is 0.416 e.